The minimum absolute atomic E-state index is 0.172. The number of hydrogen-bond acceptors (Lipinski definition) is 5. The highest BCUT2D eigenvalue weighted by molar-refractivity contribution is 7.89. The molecule has 0 N–H and O–H groups in total. The van der Waals surface area contributed by atoms with E-state index in [1.54, 1.807) is 12.4 Å². The van der Waals surface area contributed by atoms with Crippen molar-refractivity contribution in [2.75, 3.05) is 13.7 Å². The van der Waals surface area contributed by atoms with Crippen LogP contribution in [0.25, 0.3) is 0 Å². The molecule has 0 amide bonds. The van der Waals surface area contributed by atoms with E-state index in [1.807, 2.05) is 12.1 Å². The van der Waals surface area contributed by atoms with Gasteiger partial charge in [-0.05, 0) is 48.7 Å². The highest BCUT2D eigenvalue weighted by Gasteiger charge is 2.36. The number of carbonyl (C=O) groups excluding carboxylic acids is 1. The first-order chi connectivity index (χ1) is 11.5. The lowest BCUT2D eigenvalue weighted by atomic mass is 10.1. The quantitative estimate of drug-likeness (QED) is 0.795. The molecule has 2 heterocycles. The summed E-state index contributed by atoms with van der Waals surface area (Å²) in [7, 11) is -2.34. The van der Waals surface area contributed by atoms with Crippen LogP contribution < -0.4 is 0 Å². The van der Waals surface area contributed by atoms with Gasteiger partial charge in [0, 0.05) is 18.9 Å². The van der Waals surface area contributed by atoms with E-state index in [4.69, 9.17) is 0 Å². The first-order valence-corrected chi connectivity index (χ1v) is 9.08. The van der Waals surface area contributed by atoms with Crippen LogP contribution in [-0.4, -0.2) is 37.3 Å². The standard InChI is InChI=1S/C17H18N2O4S/c1-23-17(20)13-6-8-15(9-7-13)24(21,22)19-11-3-5-16(19)14-4-2-10-18-12-14/h2,4,6-10,12,16H,3,5,11H2,1H3. The number of esters is 1. The van der Waals surface area contributed by atoms with Gasteiger partial charge in [-0.15, -0.1) is 0 Å². The fraction of sp³-hybridized carbons (Fsp3) is 0.294. The van der Waals surface area contributed by atoms with Gasteiger partial charge >= 0.3 is 5.97 Å². The maximum Gasteiger partial charge on any atom is 0.337 e. The molecule has 1 aromatic heterocycles. The number of ether oxygens (including phenoxy) is 1. The Hall–Kier alpha value is -2.25. The molecular formula is C17H18N2O4S. The molecule has 1 saturated heterocycles. The minimum Gasteiger partial charge on any atom is -0.465 e. The molecule has 0 radical (unpaired) electrons. The Morgan fingerprint density at radius 1 is 1.25 bits per heavy atom. The molecule has 0 saturated carbocycles. The summed E-state index contributed by atoms with van der Waals surface area (Å²) in [5.74, 6) is -0.492. The minimum atomic E-state index is -3.63. The maximum atomic E-state index is 13.0. The Bertz CT molecular complexity index is 819. The molecule has 1 aliphatic rings. The molecule has 2 aromatic rings. The Labute approximate surface area is 141 Å². The average molecular weight is 346 g/mol. The second-order valence-corrected chi connectivity index (χ2v) is 7.47. The third-order valence-corrected chi connectivity index (χ3v) is 6.08. The van der Waals surface area contributed by atoms with Crippen LogP contribution in [0.5, 0.6) is 0 Å². The topological polar surface area (TPSA) is 76.6 Å². The monoisotopic (exact) mass is 346 g/mol. The largest absolute Gasteiger partial charge is 0.465 e. The molecule has 1 atom stereocenters. The maximum absolute atomic E-state index is 13.0. The lowest BCUT2D eigenvalue weighted by Crippen LogP contribution is -2.30. The van der Waals surface area contributed by atoms with Crippen molar-refractivity contribution in [2.24, 2.45) is 0 Å². The summed E-state index contributed by atoms with van der Waals surface area (Å²) < 4.78 is 32.1. The van der Waals surface area contributed by atoms with Gasteiger partial charge in [0.15, 0.2) is 0 Å². The molecule has 24 heavy (non-hydrogen) atoms. The van der Waals surface area contributed by atoms with Gasteiger partial charge in [0.05, 0.1) is 23.6 Å². The zero-order chi connectivity index (χ0) is 17.2. The van der Waals surface area contributed by atoms with Crippen molar-refractivity contribution >= 4 is 16.0 Å². The second kappa shape index (κ2) is 6.70. The van der Waals surface area contributed by atoms with Crippen LogP contribution in [0.4, 0.5) is 0 Å². The summed E-state index contributed by atoms with van der Waals surface area (Å²) in [5.41, 5.74) is 1.21. The SMILES string of the molecule is COC(=O)c1ccc(S(=O)(=O)N2CCCC2c2cccnc2)cc1. The summed E-state index contributed by atoms with van der Waals surface area (Å²) in [5, 5.41) is 0. The van der Waals surface area contributed by atoms with E-state index in [0.717, 1.165) is 18.4 Å². The van der Waals surface area contributed by atoms with Gasteiger partial charge in [-0.3, -0.25) is 4.98 Å². The van der Waals surface area contributed by atoms with Crippen molar-refractivity contribution in [3.63, 3.8) is 0 Å². The zero-order valence-electron chi connectivity index (χ0n) is 13.3. The van der Waals surface area contributed by atoms with Gasteiger partial charge in [-0.2, -0.15) is 4.31 Å². The number of pyridine rings is 1. The molecule has 1 unspecified atom stereocenters. The van der Waals surface area contributed by atoms with E-state index in [1.165, 1.54) is 35.7 Å². The Morgan fingerprint density at radius 2 is 2.00 bits per heavy atom. The van der Waals surface area contributed by atoms with Crippen molar-refractivity contribution in [2.45, 2.75) is 23.8 Å². The fourth-order valence-corrected chi connectivity index (χ4v) is 4.63. The molecule has 0 spiro atoms. The molecular weight excluding hydrogens is 328 g/mol. The van der Waals surface area contributed by atoms with Crippen LogP contribution in [0.1, 0.15) is 34.8 Å². The smallest absolute Gasteiger partial charge is 0.337 e. The van der Waals surface area contributed by atoms with Crippen molar-refractivity contribution in [1.29, 1.82) is 0 Å². The Kier molecular flexibility index (Phi) is 4.64. The molecule has 1 aromatic carbocycles. The molecule has 126 valence electrons. The van der Waals surface area contributed by atoms with Gasteiger partial charge in [0.1, 0.15) is 0 Å². The first-order valence-electron chi connectivity index (χ1n) is 7.64. The number of hydrogen-bond donors (Lipinski definition) is 0. The van der Waals surface area contributed by atoms with Crippen molar-refractivity contribution < 1.29 is 17.9 Å². The van der Waals surface area contributed by atoms with Crippen LogP contribution >= 0.6 is 0 Å². The predicted molar refractivity (Wildman–Crippen MR) is 87.9 cm³/mol. The number of aromatic nitrogens is 1. The van der Waals surface area contributed by atoms with E-state index in [0.29, 0.717) is 12.1 Å². The molecule has 7 heteroatoms. The number of carbonyl (C=O) groups is 1. The van der Waals surface area contributed by atoms with E-state index >= 15 is 0 Å². The fourth-order valence-electron chi connectivity index (χ4n) is 2.95. The van der Waals surface area contributed by atoms with Gasteiger partial charge < -0.3 is 4.74 Å². The lowest BCUT2D eigenvalue weighted by Gasteiger charge is -2.24. The zero-order valence-corrected chi connectivity index (χ0v) is 14.1. The van der Waals surface area contributed by atoms with E-state index in [-0.39, 0.29) is 10.9 Å². The Morgan fingerprint density at radius 3 is 2.62 bits per heavy atom. The molecule has 0 bridgehead atoms. The third kappa shape index (κ3) is 3.05. The van der Waals surface area contributed by atoms with Crippen molar-refractivity contribution in [1.82, 2.24) is 9.29 Å². The number of methoxy groups -OCH3 is 1. The highest BCUT2D eigenvalue weighted by atomic mass is 32.2. The van der Waals surface area contributed by atoms with Crippen LogP contribution in [0, 0.1) is 0 Å². The van der Waals surface area contributed by atoms with Crippen LogP contribution in [-0.2, 0) is 14.8 Å². The average Bonchev–Trinajstić information content (AvgIpc) is 3.12. The number of sulfonamides is 1. The third-order valence-electron chi connectivity index (χ3n) is 4.15. The van der Waals surface area contributed by atoms with E-state index in [2.05, 4.69) is 9.72 Å². The number of benzene rings is 1. The summed E-state index contributed by atoms with van der Waals surface area (Å²) in [4.78, 5) is 15.7. The molecule has 6 nitrogen and oxygen atoms in total. The highest BCUT2D eigenvalue weighted by Crippen LogP contribution is 2.36. The summed E-state index contributed by atoms with van der Waals surface area (Å²) in [6.07, 6.45) is 4.95. The van der Waals surface area contributed by atoms with E-state index < -0.39 is 16.0 Å². The van der Waals surface area contributed by atoms with Crippen LogP contribution in [0.2, 0.25) is 0 Å². The molecule has 1 aliphatic heterocycles. The number of rotatable bonds is 4. The second-order valence-electron chi connectivity index (χ2n) is 5.58. The van der Waals surface area contributed by atoms with Crippen LogP contribution in [0.15, 0.2) is 53.7 Å². The summed E-state index contributed by atoms with van der Waals surface area (Å²) in [6, 6.07) is 9.32. The van der Waals surface area contributed by atoms with Gasteiger partial charge in [0.2, 0.25) is 10.0 Å². The lowest BCUT2D eigenvalue weighted by molar-refractivity contribution is 0.0600. The first kappa shape index (κ1) is 16.6. The van der Waals surface area contributed by atoms with Crippen molar-refractivity contribution in [3.8, 4) is 0 Å². The summed E-state index contributed by atoms with van der Waals surface area (Å²) >= 11 is 0. The molecule has 3 rings (SSSR count). The van der Waals surface area contributed by atoms with Gasteiger partial charge in [-0.1, -0.05) is 6.07 Å². The van der Waals surface area contributed by atoms with E-state index in [9.17, 15) is 13.2 Å². The number of nitrogens with zero attached hydrogens (tertiary/aromatic N) is 2. The van der Waals surface area contributed by atoms with Gasteiger partial charge in [0.25, 0.3) is 0 Å². The van der Waals surface area contributed by atoms with Crippen molar-refractivity contribution in [3.05, 3.63) is 59.9 Å². The molecule has 0 aliphatic carbocycles. The van der Waals surface area contributed by atoms with Crippen LogP contribution in [0.3, 0.4) is 0 Å². The Balaban J connectivity index is 1.91. The molecule has 1 fully saturated rings. The summed E-state index contributed by atoms with van der Waals surface area (Å²) in [6.45, 7) is 0.473. The predicted octanol–water partition coefficient (Wildman–Crippen LogP) is 2.39. The normalized spacial score (nSPS) is 18.5. The van der Waals surface area contributed by atoms with Gasteiger partial charge in [-0.25, -0.2) is 13.2 Å².